The normalized spacial score (nSPS) is 18.1. The predicted octanol–water partition coefficient (Wildman–Crippen LogP) is 1.93. The van der Waals surface area contributed by atoms with Crippen LogP contribution in [0.25, 0.3) is 11.1 Å². The molecule has 8 nitrogen and oxygen atoms in total. The molecule has 1 amide bonds. The van der Waals surface area contributed by atoms with Crippen molar-refractivity contribution in [1.82, 2.24) is 20.1 Å². The Balaban J connectivity index is 1.62. The number of piperidine rings is 1. The van der Waals surface area contributed by atoms with Crippen LogP contribution in [0.5, 0.6) is 0 Å². The van der Waals surface area contributed by atoms with E-state index in [-0.39, 0.29) is 11.9 Å². The number of carbonyl (C=O) groups is 1. The maximum absolute atomic E-state index is 12.8. The van der Waals surface area contributed by atoms with Gasteiger partial charge in [0.25, 0.3) is 5.71 Å². The fourth-order valence-corrected chi connectivity index (χ4v) is 2.98. The minimum Gasteiger partial charge on any atom is -0.358 e. The van der Waals surface area contributed by atoms with Gasteiger partial charge < -0.3 is 14.7 Å². The van der Waals surface area contributed by atoms with Crippen molar-refractivity contribution >= 4 is 28.5 Å². The highest BCUT2D eigenvalue weighted by Gasteiger charge is 2.30. The second kappa shape index (κ2) is 5.88. The third kappa shape index (κ3) is 2.45. The Bertz CT molecular complexity index is 879. The van der Waals surface area contributed by atoms with Crippen LogP contribution in [0, 0.1) is 6.92 Å². The molecule has 1 aliphatic heterocycles. The lowest BCUT2D eigenvalue weighted by Crippen LogP contribution is -2.48. The Hall–Kier alpha value is -3.03. The number of nitrogens with one attached hydrogen (secondary N) is 1. The molecular formula is C16H16N6O2. The van der Waals surface area contributed by atoms with Crippen molar-refractivity contribution in [2.45, 2.75) is 25.8 Å². The van der Waals surface area contributed by atoms with E-state index >= 15 is 0 Å². The quantitative estimate of drug-likeness (QED) is 0.786. The Morgan fingerprint density at radius 3 is 3.12 bits per heavy atom. The third-order valence-electron chi connectivity index (χ3n) is 4.15. The van der Waals surface area contributed by atoms with E-state index in [0.29, 0.717) is 29.2 Å². The molecule has 3 aromatic rings. The van der Waals surface area contributed by atoms with E-state index in [1.807, 2.05) is 19.1 Å². The number of pyridine rings is 1. The fraction of sp³-hybridized carbons (Fsp3) is 0.312. The van der Waals surface area contributed by atoms with Crippen molar-refractivity contribution in [3.8, 4) is 0 Å². The average Bonchev–Trinajstić information content (AvgIpc) is 3.00. The van der Waals surface area contributed by atoms with Gasteiger partial charge in [0.15, 0.2) is 0 Å². The summed E-state index contributed by atoms with van der Waals surface area (Å²) in [6, 6.07) is 3.36. The number of fused-ring (bicyclic) bond motifs is 1. The topological polar surface area (TPSA) is 97.0 Å². The highest BCUT2D eigenvalue weighted by Crippen LogP contribution is 2.26. The van der Waals surface area contributed by atoms with Crippen LogP contribution in [-0.2, 0) is 4.79 Å². The van der Waals surface area contributed by atoms with Gasteiger partial charge >= 0.3 is 0 Å². The number of aryl methyl sites for hydroxylation is 1. The van der Waals surface area contributed by atoms with Crippen LogP contribution >= 0.6 is 0 Å². The summed E-state index contributed by atoms with van der Waals surface area (Å²) in [5, 5.41) is 7.86. The number of amides is 1. The summed E-state index contributed by atoms with van der Waals surface area (Å²) in [4.78, 5) is 27.0. The van der Waals surface area contributed by atoms with Gasteiger partial charge in [0.2, 0.25) is 5.91 Å². The molecule has 0 bridgehead atoms. The molecule has 122 valence electrons. The summed E-state index contributed by atoms with van der Waals surface area (Å²) >= 11 is 0. The summed E-state index contributed by atoms with van der Waals surface area (Å²) in [6.45, 7) is 2.51. The molecule has 1 N–H and O–H groups in total. The van der Waals surface area contributed by atoms with Crippen molar-refractivity contribution < 1.29 is 9.32 Å². The molecule has 1 unspecified atom stereocenters. The molecule has 3 aromatic heterocycles. The van der Waals surface area contributed by atoms with Crippen LogP contribution < -0.4 is 10.2 Å². The number of rotatable bonds is 3. The maximum Gasteiger partial charge on any atom is 0.263 e. The Morgan fingerprint density at radius 2 is 2.29 bits per heavy atom. The summed E-state index contributed by atoms with van der Waals surface area (Å²) < 4.78 is 5.15. The second-order valence-corrected chi connectivity index (χ2v) is 5.71. The van der Waals surface area contributed by atoms with Gasteiger partial charge in [0.05, 0.1) is 17.6 Å². The van der Waals surface area contributed by atoms with Crippen molar-refractivity contribution in [2.75, 3.05) is 16.8 Å². The smallest absolute Gasteiger partial charge is 0.263 e. The summed E-state index contributed by atoms with van der Waals surface area (Å²) in [5.74, 6) is 0.584. The van der Waals surface area contributed by atoms with Gasteiger partial charge in [-0.25, -0.2) is 4.98 Å². The fourth-order valence-electron chi connectivity index (χ4n) is 2.98. The van der Waals surface area contributed by atoms with Gasteiger partial charge in [-0.05, 0) is 31.9 Å². The lowest BCUT2D eigenvalue weighted by Gasteiger charge is -2.32. The Kier molecular flexibility index (Phi) is 3.56. The van der Waals surface area contributed by atoms with Gasteiger partial charge in [-0.2, -0.15) is 4.98 Å². The Morgan fingerprint density at radius 1 is 1.38 bits per heavy atom. The van der Waals surface area contributed by atoms with Crippen molar-refractivity contribution in [3.05, 3.63) is 36.5 Å². The lowest BCUT2D eigenvalue weighted by molar-refractivity contribution is -0.120. The minimum absolute atomic E-state index is 0.00937. The molecule has 0 aromatic carbocycles. The van der Waals surface area contributed by atoms with E-state index in [9.17, 15) is 4.79 Å². The van der Waals surface area contributed by atoms with E-state index < -0.39 is 0 Å². The summed E-state index contributed by atoms with van der Waals surface area (Å²) in [7, 11) is 0. The molecule has 4 rings (SSSR count). The molecule has 4 heterocycles. The first-order chi connectivity index (χ1) is 11.7. The highest BCUT2D eigenvalue weighted by molar-refractivity contribution is 6.00. The molecule has 1 aliphatic rings. The lowest BCUT2D eigenvalue weighted by atomic mass is 10.0. The molecule has 1 saturated heterocycles. The average molecular weight is 324 g/mol. The molecule has 8 heteroatoms. The van der Waals surface area contributed by atoms with Gasteiger partial charge in [0, 0.05) is 12.7 Å². The first-order valence-electron chi connectivity index (χ1n) is 7.79. The second-order valence-electron chi connectivity index (χ2n) is 5.71. The molecular weight excluding hydrogens is 308 g/mol. The first-order valence-corrected chi connectivity index (χ1v) is 7.79. The van der Waals surface area contributed by atoms with Gasteiger partial charge in [0.1, 0.15) is 23.6 Å². The van der Waals surface area contributed by atoms with Gasteiger partial charge in [-0.15, -0.1) is 0 Å². The minimum atomic E-state index is -0.355. The summed E-state index contributed by atoms with van der Waals surface area (Å²) in [6.07, 6.45) is 6.44. The van der Waals surface area contributed by atoms with Gasteiger partial charge in [-0.1, -0.05) is 5.16 Å². The molecule has 1 fully saturated rings. The van der Waals surface area contributed by atoms with E-state index in [1.165, 1.54) is 6.33 Å². The highest BCUT2D eigenvalue weighted by atomic mass is 16.5. The molecule has 0 spiro atoms. The number of hydrogen-bond acceptors (Lipinski definition) is 7. The zero-order valence-corrected chi connectivity index (χ0v) is 13.1. The van der Waals surface area contributed by atoms with Crippen LogP contribution in [0.3, 0.4) is 0 Å². The SMILES string of the molecule is Cc1noc2ncnc(NC3CCCN(c4cccnc4)C3=O)c12. The van der Waals surface area contributed by atoms with Crippen molar-refractivity contribution in [1.29, 1.82) is 0 Å². The molecule has 0 aliphatic carbocycles. The number of nitrogens with zero attached hydrogens (tertiary/aromatic N) is 5. The van der Waals surface area contributed by atoms with Crippen LogP contribution in [0.1, 0.15) is 18.5 Å². The van der Waals surface area contributed by atoms with Crippen LogP contribution in [0.4, 0.5) is 11.5 Å². The maximum atomic E-state index is 12.8. The van der Waals surface area contributed by atoms with Crippen LogP contribution in [0.2, 0.25) is 0 Å². The first kappa shape index (κ1) is 14.6. The largest absolute Gasteiger partial charge is 0.358 e. The molecule has 0 radical (unpaired) electrons. The third-order valence-corrected chi connectivity index (χ3v) is 4.15. The Labute approximate surface area is 137 Å². The molecule has 0 saturated carbocycles. The van der Waals surface area contributed by atoms with E-state index in [4.69, 9.17) is 4.52 Å². The summed E-state index contributed by atoms with van der Waals surface area (Å²) in [5.41, 5.74) is 1.92. The molecule has 1 atom stereocenters. The molecule has 24 heavy (non-hydrogen) atoms. The van der Waals surface area contributed by atoms with Crippen LogP contribution in [0.15, 0.2) is 35.4 Å². The van der Waals surface area contributed by atoms with E-state index in [1.54, 1.807) is 17.3 Å². The van der Waals surface area contributed by atoms with E-state index in [2.05, 4.69) is 25.4 Å². The zero-order chi connectivity index (χ0) is 16.5. The predicted molar refractivity (Wildman–Crippen MR) is 87.6 cm³/mol. The van der Waals surface area contributed by atoms with E-state index in [0.717, 1.165) is 18.5 Å². The standard InChI is InChI=1S/C16H16N6O2/c1-10-13-14(18-9-19-15(13)24-21-10)20-12-5-3-7-22(16(12)23)11-4-2-6-17-8-11/h2,4,6,8-9,12H,3,5,7H2,1H3,(H,18,19,20). The zero-order valence-electron chi connectivity index (χ0n) is 13.1. The number of hydrogen-bond donors (Lipinski definition) is 1. The number of aromatic nitrogens is 4. The van der Waals surface area contributed by atoms with Crippen LogP contribution in [-0.4, -0.2) is 38.6 Å². The van der Waals surface area contributed by atoms with Crippen molar-refractivity contribution in [3.63, 3.8) is 0 Å². The number of anilines is 2. The van der Waals surface area contributed by atoms with Crippen molar-refractivity contribution in [2.24, 2.45) is 0 Å². The number of carbonyl (C=O) groups excluding carboxylic acids is 1. The van der Waals surface area contributed by atoms with Gasteiger partial charge in [-0.3, -0.25) is 9.78 Å². The monoisotopic (exact) mass is 324 g/mol.